The van der Waals surface area contributed by atoms with E-state index in [0.717, 1.165) is 0 Å². The average molecular weight is 765 g/mol. The number of carbonyl (C=O) groups excluding carboxylic acids is 2. The van der Waals surface area contributed by atoms with Gasteiger partial charge >= 0.3 is 23.9 Å². The summed E-state index contributed by atoms with van der Waals surface area (Å²) in [6, 6.07) is 6.58. The number of aliphatic carboxylic acids is 2. The lowest BCUT2D eigenvalue weighted by molar-refractivity contribution is -0.170. The molecular weight excluding hydrogens is 708 g/mol. The van der Waals surface area contributed by atoms with E-state index in [1.165, 1.54) is 52.5 Å². The van der Waals surface area contributed by atoms with Crippen LogP contribution in [-0.4, -0.2) is 125 Å². The number of methoxy groups -OCH3 is 6. The smallest absolute Gasteiger partial charge is 0.317 e. The zero-order valence-electron chi connectivity index (χ0n) is 33.4. The van der Waals surface area contributed by atoms with E-state index in [0.29, 0.717) is 45.6 Å². The van der Waals surface area contributed by atoms with Crippen LogP contribution in [-0.2, 0) is 41.7 Å². The molecule has 0 amide bonds. The van der Waals surface area contributed by atoms with Gasteiger partial charge in [0, 0.05) is 19.6 Å². The number of carbonyl (C=O) groups is 4. The molecule has 0 radical (unpaired) electrons. The van der Waals surface area contributed by atoms with E-state index < -0.39 is 66.5 Å². The van der Waals surface area contributed by atoms with Gasteiger partial charge in [-0.2, -0.15) is 0 Å². The van der Waals surface area contributed by atoms with Gasteiger partial charge < -0.3 is 48.1 Å². The van der Waals surface area contributed by atoms with Gasteiger partial charge in [0.1, 0.15) is 18.8 Å². The van der Waals surface area contributed by atoms with Gasteiger partial charge in [0.15, 0.2) is 23.0 Å². The maximum absolute atomic E-state index is 13.3. The first-order valence-corrected chi connectivity index (χ1v) is 17.0. The SMILES string of the molecule is COc1cc(CN(CC(=O)O)CC(COC(=O)C(C)(C)C)(COC(=O)C(C)(C)C)N(CC(=O)O)Cc2cc(OC)c(OC)c(OC)c2)cc(OC)c1OC. The minimum atomic E-state index is -1.67. The van der Waals surface area contributed by atoms with Crippen LogP contribution in [0.25, 0.3) is 0 Å². The van der Waals surface area contributed by atoms with Gasteiger partial charge in [-0.25, -0.2) is 0 Å². The number of esters is 2. The van der Waals surface area contributed by atoms with E-state index in [1.54, 1.807) is 65.8 Å². The molecule has 54 heavy (non-hydrogen) atoms. The third kappa shape index (κ3) is 12.3. The number of nitrogens with zero attached hydrogens (tertiary/aromatic N) is 2. The molecule has 0 saturated carbocycles. The maximum Gasteiger partial charge on any atom is 0.317 e. The summed E-state index contributed by atoms with van der Waals surface area (Å²) in [5.41, 5.74) is -2.57. The summed E-state index contributed by atoms with van der Waals surface area (Å²) in [4.78, 5) is 54.8. The highest BCUT2D eigenvalue weighted by atomic mass is 16.6. The Morgan fingerprint density at radius 2 is 0.907 bits per heavy atom. The lowest BCUT2D eigenvalue weighted by Gasteiger charge is -2.45. The fourth-order valence-electron chi connectivity index (χ4n) is 5.51. The molecule has 0 aliphatic rings. The first kappa shape index (κ1) is 45.2. The van der Waals surface area contributed by atoms with E-state index in [2.05, 4.69) is 0 Å². The zero-order chi connectivity index (χ0) is 41.0. The van der Waals surface area contributed by atoms with Crippen LogP contribution in [0.3, 0.4) is 0 Å². The summed E-state index contributed by atoms with van der Waals surface area (Å²) in [5.74, 6) is -1.85. The van der Waals surface area contributed by atoms with E-state index in [4.69, 9.17) is 37.9 Å². The molecule has 0 heterocycles. The van der Waals surface area contributed by atoms with E-state index >= 15 is 0 Å². The number of rotatable bonds is 21. The normalized spacial score (nSPS) is 11.9. The first-order chi connectivity index (χ1) is 25.2. The molecule has 0 fully saturated rings. The van der Waals surface area contributed by atoms with Crippen LogP contribution >= 0.6 is 0 Å². The van der Waals surface area contributed by atoms with Crippen molar-refractivity contribution >= 4 is 23.9 Å². The van der Waals surface area contributed by atoms with E-state index in [1.807, 2.05) is 0 Å². The highest BCUT2D eigenvalue weighted by Crippen LogP contribution is 2.40. The van der Waals surface area contributed by atoms with Crippen LogP contribution < -0.4 is 28.4 Å². The maximum atomic E-state index is 13.3. The Kier molecular flexibility index (Phi) is 16.2. The second-order valence-corrected chi connectivity index (χ2v) is 14.7. The highest BCUT2D eigenvalue weighted by molar-refractivity contribution is 5.76. The fraction of sp³-hybridized carbons (Fsp3) is 0.579. The predicted molar refractivity (Wildman–Crippen MR) is 197 cm³/mol. The Morgan fingerprint density at radius 1 is 0.556 bits per heavy atom. The molecule has 0 spiro atoms. The Hall–Kier alpha value is -4.96. The summed E-state index contributed by atoms with van der Waals surface area (Å²) in [6.45, 7) is 7.27. The third-order valence-electron chi connectivity index (χ3n) is 8.27. The second kappa shape index (κ2) is 19.4. The molecule has 2 rings (SSSR count). The minimum Gasteiger partial charge on any atom is -0.493 e. The average Bonchev–Trinajstić information content (AvgIpc) is 3.09. The molecule has 2 N–H and O–H groups in total. The van der Waals surface area contributed by atoms with Gasteiger partial charge in [0.25, 0.3) is 0 Å². The van der Waals surface area contributed by atoms with Gasteiger partial charge in [0.2, 0.25) is 11.5 Å². The lowest BCUT2D eigenvalue weighted by Crippen LogP contribution is -2.63. The van der Waals surface area contributed by atoms with Crippen molar-refractivity contribution in [1.29, 1.82) is 0 Å². The third-order valence-corrected chi connectivity index (χ3v) is 8.27. The number of ether oxygens (including phenoxy) is 8. The number of benzene rings is 2. The van der Waals surface area contributed by atoms with E-state index in [-0.39, 0.29) is 19.6 Å². The van der Waals surface area contributed by atoms with Crippen molar-refractivity contribution in [2.45, 2.75) is 60.2 Å². The van der Waals surface area contributed by atoms with Crippen LogP contribution in [0.4, 0.5) is 0 Å². The number of carboxylic acid groups (broad SMARTS) is 2. The van der Waals surface area contributed by atoms with Crippen molar-refractivity contribution in [2.75, 3.05) is 75.5 Å². The van der Waals surface area contributed by atoms with Crippen molar-refractivity contribution in [2.24, 2.45) is 10.8 Å². The molecule has 16 nitrogen and oxygen atoms in total. The molecule has 302 valence electrons. The van der Waals surface area contributed by atoms with Crippen LogP contribution in [0.1, 0.15) is 52.7 Å². The van der Waals surface area contributed by atoms with Gasteiger partial charge in [0.05, 0.1) is 66.6 Å². The quantitative estimate of drug-likeness (QED) is 0.173. The fourth-order valence-corrected chi connectivity index (χ4v) is 5.51. The Balaban J connectivity index is 2.95. The van der Waals surface area contributed by atoms with Crippen LogP contribution in [0.15, 0.2) is 24.3 Å². The Bertz CT molecular complexity index is 1530. The Morgan fingerprint density at radius 3 is 1.20 bits per heavy atom. The van der Waals surface area contributed by atoms with Crippen LogP contribution in [0, 0.1) is 10.8 Å². The largest absolute Gasteiger partial charge is 0.493 e. The van der Waals surface area contributed by atoms with Gasteiger partial charge in [-0.05, 0) is 76.9 Å². The first-order valence-electron chi connectivity index (χ1n) is 17.0. The molecule has 16 heteroatoms. The Labute approximate surface area is 317 Å². The molecule has 0 saturated heterocycles. The van der Waals surface area contributed by atoms with Crippen LogP contribution in [0.2, 0.25) is 0 Å². The number of hydrogen-bond donors (Lipinski definition) is 2. The highest BCUT2D eigenvalue weighted by Gasteiger charge is 2.44. The number of hydrogen-bond acceptors (Lipinski definition) is 14. The van der Waals surface area contributed by atoms with Crippen molar-refractivity contribution in [3.63, 3.8) is 0 Å². The molecule has 0 unspecified atom stereocenters. The topological polar surface area (TPSA) is 189 Å². The minimum absolute atomic E-state index is 0.0453. The van der Waals surface area contributed by atoms with Crippen LogP contribution in [0.5, 0.6) is 34.5 Å². The van der Waals surface area contributed by atoms with Crippen molar-refractivity contribution < 1.29 is 67.3 Å². The monoisotopic (exact) mass is 764 g/mol. The summed E-state index contributed by atoms with van der Waals surface area (Å²) < 4.78 is 44.9. The molecule has 2 aromatic carbocycles. The lowest BCUT2D eigenvalue weighted by atomic mass is 9.93. The zero-order valence-corrected chi connectivity index (χ0v) is 33.4. The molecule has 0 aliphatic heterocycles. The molecule has 0 aliphatic carbocycles. The summed E-state index contributed by atoms with van der Waals surface area (Å²) in [5, 5.41) is 20.5. The van der Waals surface area contributed by atoms with Crippen molar-refractivity contribution in [3.8, 4) is 34.5 Å². The van der Waals surface area contributed by atoms with E-state index in [9.17, 15) is 29.4 Å². The van der Waals surface area contributed by atoms with Gasteiger partial charge in [-0.3, -0.25) is 29.0 Å². The summed E-state index contributed by atoms with van der Waals surface area (Å²) in [6.07, 6.45) is 0. The van der Waals surface area contributed by atoms with Crippen molar-refractivity contribution in [1.82, 2.24) is 9.80 Å². The van der Waals surface area contributed by atoms with Gasteiger partial charge in [-0.1, -0.05) is 0 Å². The summed E-state index contributed by atoms with van der Waals surface area (Å²) >= 11 is 0. The standard InChI is InChI=1S/C38H56N2O14/c1-36(2,3)34(45)53-22-38(23-54-35(46)37(4,5)6,40(20-31(43)44)18-25-15-28(49-9)33(52-12)29(16-25)50-10)21-39(19-30(41)42)17-24-13-26(47-7)32(51-11)27(14-24)48-8/h13-16H,17-23H2,1-12H3,(H,41,42)(H,43,44). The molecule has 2 aromatic rings. The van der Waals surface area contributed by atoms with Gasteiger partial charge in [-0.15, -0.1) is 0 Å². The number of carboxylic acids is 2. The van der Waals surface area contributed by atoms with Crippen molar-refractivity contribution in [3.05, 3.63) is 35.4 Å². The molecule has 0 aromatic heterocycles. The predicted octanol–water partition coefficient (Wildman–Crippen LogP) is 4.13. The summed E-state index contributed by atoms with van der Waals surface area (Å²) in [7, 11) is 8.66. The molecule has 0 atom stereocenters. The second-order valence-electron chi connectivity index (χ2n) is 14.7. The molecular formula is C38H56N2O14. The molecule has 0 bridgehead atoms.